The van der Waals surface area contributed by atoms with Gasteiger partial charge in [0.1, 0.15) is 18.1 Å². The third-order valence-electron chi connectivity index (χ3n) is 2.00. The Kier molecular flexibility index (Phi) is 5.86. The molecule has 0 aliphatic carbocycles. The molecular weight excluding hydrogens is 220 g/mol. The Balaban J connectivity index is 2.50. The minimum Gasteiger partial charge on any atom is -0.497 e. The lowest BCUT2D eigenvalue weighted by Gasteiger charge is -2.08. The Hall–Kier alpha value is -1.77. The van der Waals surface area contributed by atoms with Crippen LogP contribution in [0.15, 0.2) is 18.2 Å². The maximum Gasteiger partial charge on any atom is 0.124 e. The highest BCUT2D eigenvalue weighted by molar-refractivity contribution is 5.43. The average molecular weight is 236 g/mol. The lowest BCUT2D eigenvalue weighted by Crippen LogP contribution is -2.13. The van der Waals surface area contributed by atoms with Crippen molar-refractivity contribution in [1.29, 1.82) is 5.26 Å². The van der Waals surface area contributed by atoms with E-state index in [0.29, 0.717) is 43.4 Å². The van der Waals surface area contributed by atoms with Crippen molar-refractivity contribution < 1.29 is 14.2 Å². The number of ether oxygens (including phenoxy) is 3. The summed E-state index contributed by atoms with van der Waals surface area (Å²) in [6, 6.07) is 7.08. The molecule has 0 bridgehead atoms. The lowest BCUT2D eigenvalue weighted by atomic mass is 10.2. The second-order valence-corrected chi connectivity index (χ2v) is 3.26. The topological polar surface area (TPSA) is 77.5 Å². The number of methoxy groups -OCH3 is 1. The summed E-state index contributed by atoms with van der Waals surface area (Å²) in [6.45, 7) is 1.90. The summed E-state index contributed by atoms with van der Waals surface area (Å²) in [6.07, 6.45) is 0. The van der Waals surface area contributed by atoms with Gasteiger partial charge in [0, 0.05) is 12.6 Å². The first-order valence-electron chi connectivity index (χ1n) is 5.30. The monoisotopic (exact) mass is 236 g/mol. The lowest BCUT2D eigenvalue weighted by molar-refractivity contribution is 0.106. The predicted octanol–water partition coefficient (Wildman–Crippen LogP) is 0.921. The number of nitrogens with two attached hydrogens (primary N) is 1. The number of hydrogen-bond acceptors (Lipinski definition) is 5. The normalized spacial score (nSPS) is 9.71. The van der Waals surface area contributed by atoms with Gasteiger partial charge in [0.25, 0.3) is 0 Å². The van der Waals surface area contributed by atoms with Crippen LogP contribution in [0.1, 0.15) is 5.56 Å². The Morgan fingerprint density at radius 1 is 1.18 bits per heavy atom. The average Bonchev–Trinajstić information content (AvgIpc) is 2.38. The largest absolute Gasteiger partial charge is 0.497 e. The molecule has 1 aromatic rings. The van der Waals surface area contributed by atoms with Gasteiger partial charge in [0.2, 0.25) is 0 Å². The van der Waals surface area contributed by atoms with Crippen molar-refractivity contribution in [3.8, 4) is 17.6 Å². The highest BCUT2D eigenvalue weighted by atomic mass is 16.5. The van der Waals surface area contributed by atoms with E-state index in [9.17, 15) is 0 Å². The Morgan fingerprint density at radius 3 is 2.59 bits per heavy atom. The summed E-state index contributed by atoms with van der Waals surface area (Å²) in [5.74, 6) is 1.19. The molecule has 5 nitrogen and oxygen atoms in total. The van der Waals surface area contributed by atoms with Gasteiger partial charge in [0.15, 0.2) is 0 Å². The molecule has 92 valence electrons. The van der Waals surface area contributed by atoms with Crippen molar-refractivity contribution in [3.63, 3.8) is 0 Å². The molecule has 0 atom stereocenters. The highest BCUT2D eigenvalue weighted by Gasteiger charge is 2.01. The number of rotatable bonds is 7. The van der Waals surface area contributed by atoms with Crippen LogP contribution in [0.25, 0.3) is 0 Å². The fourth-order valence-corrected chi connectivity index (χ4v) is 1.24. The van der Waals surface area contributed by atoms with Crippen molar-refractivity contribution in [3.05, 3.63) is 23.8 Å². The molecule has 0 aromatic heterocycles. The minimum absolute atomic E-state index is 0.415. The molecule has 0 heterocycles. The smallest absolute Gasteiger partial charge is 0.124 e. The molecule has 1 aromatic carbocycles. The zero-order valence-electron chi connectivity index (χ0n) is 9.81. The summed E-state index contributed by atoms with van der Waals surface area (Å²) in [7, 11) is 1.55. The minimum atomic E-state index is 0.415. The van der Waals surface area contributed by atoms with Crippen LogP contribution in [-0.4, -0.2) is 33.5 Å². The van der Waals surface area contributed by atoms with Gasteiger partial charge in [0.05, 0.1) is 32.0 Å². The van der Waals surface area contributed by atoms with Crippen LogP contribution in [0.3, 0.4) is 0 Å². The fourth-order valence-electron chi connectivity index (χ4n) is 1.24. The first kappa shape index (κ1) is 13.3. The predicted molar refractivity (Wildman–Crippen MR) is 63.1 cm³/mol. The van der Waals surface area contributed by atoms with Crippen LogP contribution < -0.4 is 15.2 Å². The van der Waals surface area contributed by atoms with Gasteiger partial charge in [-0.2, -0.15) is 5.26 Å². The second-order valence-electron chi connectivity index (χ2n) is 3.26. The van der Waals surface area contributed by atoms with Gasteiger partial charge < -0.3 is 19.9 Å². The van der Waals surface area contributed by atoms with E-state index in [4.69, 9.17) is 25.2 Å². The zero-order valence-corrected chi connectivity index (χ0v) is 9.81. The fraction of sp³-hybridized carbons (Fsp3) is 0.417. The third kappa shape index (κ3) is 4.72. The first-order chi connectivity index (χ1) is 8.30. The van der Waals surface area contributed by atoms with E-state index in [1.807, 2.05) is 6.07 Å². The molecule has 0 amide bonds. The van der Waals surface area contributed by atoms with Crippen LogP contribution in [0.2, 0.25) is 0 Å². The maximum atomic E-state index is 8.82. The van der Waals surface area contributed by atoms with Gasteiger partial charge in [-0.05, 0) is 12.1 Å². The van der Waals surface area contributed by atoms with Gasteiger partial charge in [-0.25, -0.2) is 0 Å². The van der Waals surface area contributed by atoms with Gasteiger partial charge in [-0.15, -0.1) is 0 Å². The summed E-state index contributed by atoms with van der Waals surface area (Å²) < 4.78 is 15.7. The molecule has 0 aliphatic rings. The van der Waals surface area contributed by atoms with Crippen LogP contribution >= 0.6 is 0 Å². The molecule has 5 heteroatoms. The number of hydrogen-bond donors (Lipinski definition) is 1. The molecule has 0 saturated heterocycles. The Morgan fingerprint density at radius 2 is 1.94 bits per heavy atom. The standard InChI is InChI=1S/C12H16N2O3/c1-15-11-6-10(9-14)7-12(8-11)17-5-4-16-3-2-13/h6-8H,2-5,13H2,1H3. The SMILES string of the molecule is COc1cc(C#N)cc(OCCOCCN)c1. The molecule has 0 fully saturated rings. The van der Waals surface area contributed by atoms with Crippen LogP contribution in [0.4, 0.5) is 0 Å². The van der Waals surface area contributed by atoms with Crippen molar-refractivity contribution in [2.75, 3.05) is 33.5 Å². The van der Waals surface area contributed by atoms with E-state index < -0.39 is 0 Å². The molecule has 2 N–H and O–H groups in total. The molecule has 0 unspecified atom stereocenters. The van der Waals surface area contributed by atoms with Gasteiger partial charge in [-0.3, -0.25) is 0 Å². The van der Waals surface area contributed by atoms with Crippen molar-refractivity contribution in [2.24, 2.45) is 5.73 Å². The second kappa shape index (κ2) is 7.49. The molecule has 17 heavy (non-hydrogen) atoms. The van der Waals surface area contributed by atoms with Crippen molar-refractivity contribution in [2.45, 2.75) is 0 Å². The van der Waals surface area contributed by atoms with Crippen molar-refractivity contribution >= 4 is 0 Å². The van der Waals surface area contributed by atoms with Gasteiger partial charge >= 0.3 is 0 Å². The van der Waals surface area contributed by atoms with Crippen LogP contribution in [0, 0.1) is 11.3 Å². The molecular formula is C12H16N2O3. The van der Waals surface area contributed by atoms with Crippen LogP contribution in [-0.2, 0) is 4.74 Å². The third-order valence-corrected chi connectivity index (χ3v) is 2.00. The van der Waals surface area contributed by atoms with Crippen LogP contribution in [0.5, 0.6) is 11.5 Å². The van der Waals surface area contributed by atoms with E-state index in [0.717, 1.165) is 0 Å². The number of nitriles is 1. The molecule has 1 rings (SSSR count). The highest BCUT2D eigenvalue weighted by Crippen LogP contribution is 2.22. The molecule has 0 saturated carbocycles. The van der Waals surface area contributed by atoms with E-state index in [1.165, 1.54) is 0 Å². The summed E-state index contributed by atoms with van der Waals surface area (Å²) >= 11 is 0. The Bertz CT molecular complexity index is 388. The summed E-state index contributed by atoms with van der Waals surface area (Å²) in [4.78, 5) is 0. The quantitative estimate of drug-likeness (QED) is 0.712. The van der Waals surface area contributed by atoms with Gasteiger partial charge in [-0.1, -0.05) is 0 Å². The van der Waals surface area contributed by atoms with E-state index in [-0.39, 0.29) is 0 Å². The maximum absolute atomic E-state index is 8.82. The Labute approximate surface area is 101 Å². The molecule has 0 radical (unpaired) electrons. The molecule has 0 spiro atoms. The summed E-state index contributed by atoms with van der Waals surface area (Å²) in [5, 5.41) is 8.82. The van der Waals surface area contributed by atoms with Crippen molar-refractivity contribution in [1.82, 2.24) is 0 Å². The van der Waals surface area contributed by atoms with E-state index in [1.54, 1.807) is 25.3 Å². The zero-order chi connectivity index (χ0) is 12.5. The van der Waals surface area contributed by atoms with E-state index in [2.05, 4.69) is 0 Å². The number of benzene rings is 1. The first-order valence-corrected chi connectivity index (χ1v) is 5.30. The summed E-state index contributed by atoms with van der Waals surface area (Å²) in [5.41, 5.74) is 5.78. The molecule has 0 aliphatic heterocycles. The number of nitrogens with zero attached hydrogens (tertiary/aromatic N) is 1. The van der Waals surface area contributed by atoms with E-state index >= 15 is 0 Å².